The number of ketones is 1. The normalized spacial score (nSPS) is 18.2. The Morgan fingerprint density at radius 2 is 1.86 bits per heavy atom. The highest BCUT2D eigenvalue weighted by Gasteiger charge is 2.50. The van der Waals surface area contributed by atoms with Crippen LogP contribution in [0.25, 0.3) is 0 Å². The van der Waals surface area contributed by atoms with Crippen LogP contribution in [0.4, 0.5) is 18.9 Å². The molecule has 12 heteroatoms. The molecular weight excluding hydrogens is 483 g/mol. The van der Waals surface area contributed by atoms with E-state index in [0.29, 0.717) is 37.1 Å². The Morgan fingerprint density at radius 1 is 1.20 bits per heavy atom. The molecule has 0 radical (unpaired) electrons. The third-order valence-electron chi connectivity index (χ3n) is 6.45. The number of carbonyl (C=O) groups is 3. The van der Waals surface area contributed by atoms with E-state index in [0.717, 1.165) is 22.9 Å². The van der Waals surface area contributed by atoms with Gasteiger partial charge in [0.2, 0.25) is 0 Å². The number of amides is 2. The van der Waals surface area contributed by atoms with Crippen molar-refractivity contribution in [1.29, 1.82) is 10.8 Å². The number of Topliss-reactive ketones (excluding diaryl/α,β-unsaturated/α-hetero) is 1. The third-order valence-corrected chi connectivity index (χ3v) is 7.19. The standard InChI is InChI=1S/C23H18F3N5O3S/c1-9-16(19(32)21(34)30-23(2-3-23)22(28)35-8-27)15-5-10-4-14(10)31(15)18(9)20(33)29-11-6-12(24)17(26)13(25)7-11/h4,6-8,14,27-28H,2-3,5H2,1H3,(H,29,33)(H,30,34). The van der Waals surface area contributed by atoms with E-state index in [2.05, 4.69) is 10.6 Å². The maximum absolute atomic E-state index is 13.6. The summed E-state index contributed by atoms with van der Waals surface area (Å²) in [6, 6.07) is 1.08. The molecule has 1 aromatic carbocycles. The average molecular weight is 501 g/mol. The lowest BCUT2D eigenvalue weighted by Gasteiger charge is -2.16. The SMILES string of the molecule is Cc1c(C(=O)C(=O)NC2(C(=N)SC=N)CC2)c2n(c1C(=O)Nc1cc(F)c(F)c(F)c1)C1C=C1C2. The van der Waals surface area contributed by atoms with Crippen LogP contribution in [0.1, 0.15) is 51.0 Å². The van der Waals surface area contributed by atoms with Crippen LogP contribution in [0.2, 0.25) is 0 Å². The van der Waals surface area contributed by atoms with Crippen molar-refractivity contribution >= 4 is 45.6 Å². The number of carbonyl (C=O) groups excluding carboxylic acids is 3. The van der Waals surface area contributed by atoms with Gasteiger partial charge in [0.1, 0.15) is 5.69 Å². The Balaban J connectivity index is 1.45. The molecule has 5 rings (SSSR count). The van der Waals surface area contributed by atoms with Crippen LogP contribution in [-0.4, -0.2) is 38.3 Å². The molecule has 4 N–H and O–H groups in total. The van der Waals surface area contributed by atoms with Gasteiger partial charge in [-0.3, -0.25) is 19.8 Å². The fourth-order valence-corrected chi connectivity index (χ4v) is 5.09. The minimum atomic E-state index is -1.66. The molecule has 0 spiro atoms. The Hall–Kier alpha value is -3.67. The molecule has 2 aliphatic carbocycles. The van der Waals surface area contributed by atoms with E-state index < -0.39 is 40.6 Å². The topological polar surface area (TPSA) is 128 Å². The molecular formula is C23H18F3N5O3S. The summed E-state index contributed by atoms with van der Waals surface area (Å²) >= 11 is 0.849. The molecule has 1 fully saturated rings. The molecule has 1 aromatic heterocycles. The van der Waals surface area contributed by atoms with Gasteiger partial charge >= 0.3 is 0 Å². The minimum absolute atomic E-state index is 0.0586. The number of nitrogens with zero attached hydrogens (tertiary/aromatic N) is 1. The van der Waals surface area contributed by atoms with Gasteiger partial charge in [0.05, 0.1) is 27.7 Å². The van der Waals surface area contributed by atoms with Crippen LogP contribution in [0.5, 0.6) is 0 Å². The second kappa shape index (κ2) is 7.94. The van der Waals surface area contributed by atoms with Gasteiger partial charge in [0, 0.05) is 29.9 Å². The quantitative estimate of drug-likeness (QED) is 0.115. The van der Waals surface area contributed by atoms with Crippen molar-refractivity contribution in [1.82, 2.24) is 9.88 Å². The predicted molar refractivity (Wildman–Crippen MR) is 123 cm³/mol. The summed E-state index contributed by atoms with van der Waals surface area (Å²) in [6.45, 7) is 1.51. The van der Waals surface area contributed by atoms with Crippen molar-refractivity contribution in [2.75, 3.05) is 5.32 Å². The second-order valence-electron chi connectivity index (χ2n) is 8.67. The van der Waals surface area contributed by atoms with Crippen LogP contribution in [0.3, 0.4) is 0 Å². The van der Waals surface area contributed by atoms with Crippen LogP contribution >= 0.6 is 11.8 Å². The Kier molecular flexibility index (Phi) is 5.24. The van der Waals surface area contributed by atoms with Crippen molar-refractivity contribution < 1.29 is 27.6 Å². The zero-order valence-corrected chi connectivity index (χ0v) is 19.0. The zero-order valence-electron chi connectivity index (χ0n) is 18.2. The number of hydrogen-bond acceptors (Lipinski definition) is 6. The van der Waals surface area contributed by atoms with Crippen molar-refractivity contribution in [3.63, 3.8) is 0 Å². The van der Waals surface area contributed by atoms with Gasteiger partial charge in [0.25, 0.3) is 17.6 Å². The van der Waals surface area contributed by atoms with Gasteiger partial charge in [-0.25, -0.2) is 13.2 Å². The van der Waals surface area contributed by atoms with Crippen LogP contribution < -0.4 is 10.6 Å². The summed E-state index contributed by atoms with van der Waals surface area (Å²) in [5.74, 6) is -7.12. The molecule has 2 aromatic rings. The molecule has 180 valence electrons. The fraction of sp³-hybridized carbons (Fsp3) is 0.261. The van der Waals surface area contributed by atoms with Gasteiger partial charge in [0.15, 0.2) is 17.5 Å². The Morgan fingerprint density at radius 3 is 2.46 bits per heavy atom. The van der Waals surface area contributed by atoms with E-state index in [4.69, 9.17) is 10.8 Å². The Bertz CT molecular complexity index is 1390. The molecule has 35 heavy (non-hydrogen) atoms. The lowest BCUT2D eigenvalue weighted by Crippen LogP contribution is -2.45. The highest BCUT2D eigenvalue weighted by atomic mass is 32.2. The van der Waals surface area contributed by atoms with Crippen molar-refractivity contribution in [2.45, 2.75) is 37.8 Å². The minimum Gasteiger partial charge on any atom is -0.338 e. The number of aromatic nitrogens is 1. The first kappa shape index (κ1) is 23.1. The number of thioether (sulfide) groups is 1. The maximum Gasteiger partial charge on any atom is 0.293 e. The summed E-state index contributed by atoms with van der Waals surface area (Å²) in [5.41, 5.74) is 1.53. The smallest absolute Gasteiger partial charge is 0.293 e. The first-order chi connectivity index (χ1) is 16.6. The molecule has 1 unspecified atom stereocenters. The highest BCUT2D eigenvalue weighted by molar-refractivity contribution is 8.25. The largest absolute Gasteiger partial charge is 0.338 e. The summed E-state index contributed by atoms with van der Waals surface area (Å²) in [4.78, 5) is 39.2. The van der Waals surface area contributed by atoms with E-state index in [-0.39, 0.29) is 33.6 Å². The molecule has 1 atom stereocenters. The summed E-state index contributed by atoms with van der Waals surface area (Å²) < 4.78 is 42.1. The molecule has 0 bridgehead atoms. The molecule has 2 heterocycles. The van der Waals surface area contributed by atoms with Gasteiger partial charge in [-0.05, 0) is 30.9 Å². The highest BCUT2D eigenvalue weighted by Crippen LogP contribution is 2.48. The molecule has 8 nitrogen and oxygen atoms in total. The van der Waals surface area contributed by atoms with E-state index in [1.54, 1.807) is 4.57 Å². The predicted octanol–water partition coefficient (Wildman–Crippen LogP) is 3.65. The number of allylic oxidation sites excluding steroid dienone is 2. The van der Waals surface area contributed by atoms with Gasteiger partial charge in [-0.15, -0.1) is 0 Å². The number of fused-ring (bicyclic) bond motifs is 3. The number of halogens is 3. The molecule has 2 amide bonds. The van der Waals surface area contributed by atoms with Gasteiger partial charge < -0.3 is 20.6 Å². The Labute approximate surface area is 201 Å². The lowest BCUT2D eigenvalue weighted by atomic mass is 10.0. The third kappa shape index (κ3) is 3.68. The fourth-order valence-electron chi connectivity index (χ4n) is 4.50. The van der Waals surface area contributed by atoms with Crippen molar-refractivity contribution in [3.8, 4) is 0 Å². The second-order valence-corrected chi connectivity index (χ2v) is 9.55. The molecule has 1 aliphatic heterocycles. The molecule has 0 saturated heterocycles. The van der Waals surface area contributed by atoms with Crippen molar-refractivity contribution in [3.05, 3.63) is 63.7 Å². The van der Waals surface area contributed by atoms with E-state index in [1.165, 1.54) is 6.92 Å². The van der Waals surface area contributed by atoms with Crippen LogP contribution in [0, 0.1) is 35.2 Å². The first-order valence-electron chi connectivity index (χ1n) is 10.6. The maximum atomic E-state index is 13.6. The molecule has 3 aliphatic rings. The van der Waals surface area contributed by atoms with Gasteiger partial charge in [-0.1, -0.05) is 17.8 Å². The summed E-state index contributed by atoms with van der Waals surface area (Å²) in [6.07, 6.45) is 3.22. The molecule has 1 saturated carbocycles. The number of nitrogens with one attached hydrogen (secondary N) is 4. The number of rotatable bonds is 7. The number of benzene rings is 1. The summed E-state index contributed by atoms with van der Waals surface area (Å²) in [5, 5.41) is 20.2. The van der Waals surface area contributed by atoms with E-state index >= 15 is 0 Å². The zero-order chi connectivity index (χ0) is 25.2. The number of anilines is 1. The van der Waals surface area contributed by atoms with Gasteiger partial charge in [-0.2, -0.15) is 0 Å². The lowest BCUT2D eigenvalue weighted by molar-refractivity contribution is -0.117. The summed E-state index contributed by atoms with van der Waals surface area (Å²) in [7, 11) is 0. The van der Waals surface area contributed by atoms with E-state index in [1.807, 2.05) is 6.08 Å². The first-order valence-corrected chi connectivity index (χ1v) is 11.5. The van der Waals surface area contributed by atoms with Crippen LogP contribution in [0.15, 0.2) is 23.8 Å². The van der Waals surface area contributed by atoms with Crippen molar-refractivity contribution in [2.24, 2.45) is 0 Å². The van der Waals surface area contributed by atoms with E-state index in [9.17, 15) is 27.6 Å². The average Bonchev–Trinajstić information content (AvgIpc) is 3.69. The van der Waals surface area contributed by atoms with Crippen LogP contribution in [-0.2, 0) is 11.2 Å². The number of hydrogen-bond donors (Lipinski definition) is 4. The monoisotopic (exact) mass is 501 g/mol.